The first-order chi connectivity index (χ1) is 11.4. The van der Waals surface area contributed by atoms with Crippen molar-refractivity contribution in [3.63, 3.8) is 0 Å². The molecule has 0 heterocycles. The van der Waals surface area contributed by atoms with Crippen LogP contribution in [0, 0.1) is 13.8 Å². The van der Waals surface area contributed by atoms with E-state index in [1.807, 2.05) is 26.0 Å². The van der Waals surface area contributed by atoms with Gasteiger partial charge in [-0.2, -0.15) is 0 Å². The molecule has 2 aromatic carbocycles. The van der Waals surface area contributed by atoms with Crippen LogP contribution in [0.25, 0.3) is 0 Å². The maximum atomic E-state index is 11.7. The monoisotopic (exact) mass is 326 g/mol. The van der Waals surface area contributed by atoms with Crippen LogP contribution in [0.5, 0.6) is 11.5 Å². The lowest BCUT2D eigenvalue weighted by Crippen LogP contribution is -2.22. The molecule has 5 nitrogen and oxygen atoms in total. The minimum atomic E-state index is -1.14. The largest absolute Gasteiger partial charge is 0.550 e. The summed E-state index contributed by atoms with van der Waals surface area (Å²) in [5, 5.41) is 13.0. The number of ether oxygens (including phenoxy) is 1. The van der Waals surface area contributed by atoms with Crippen LogP contribution in [0.15, 0.2) is 42.5 Å². The van der Waals surface area contributed by atoms with Gasteiger partial charge in [0, 0.05) is 18.1 Å². The average molecular weight is 326 g/mol. The van der Waals surface area contributed by atoms with E-state index in [1.54, 1.807) is 24.3 Å². The first-order valence-electron chi connectivity index (χ1n) is 7.78. The summed E-state index contributed by atoms with van der Waals surface area (Å²) in [5.41, 5.74) is 2.90. The number of amides is 1. The lowest BCUT2D eigenvalue weighted by Gasteiger charge is -2.09. The smallest absolute Gasteiger partial charge is 0.224 e. The Bertz CT molecular complexity index is 702. The van der Waals surface area contributed by atoms with Gasteiger partial charge >= 0.3 is 0 Å². The first-order valence-corrected chi connectivity index (χ1v) is 7.78. The summed E-state index contributed by atoms with van der Waals surface area (Å²) in [6.07, 6.45) is 0.299. The van der Waals surface area contributed by atoms with Gasteiger partial charge in [0.05, 0.1) is 0 Å². The van der Waals surface area contributed by atoms with E-state index in [0.29, 0.717) is 11.4 Å². The Hall–Kier alpha value is -2.82. The number of rotatable bonds is 7. The molecule has 0 radical (unpaired) electrons. The molecule has 0 atom stereocenters. The quantitative estimate of drug-likeness (QED) is 0.848. The van der Waals surface area contributed by atoms with Crippen LogP contribution >= 0.6 is 0 Å². The molecule has 126 valence electrons. The number of benzene rings is 2. The van der Waals surface area contributed by atoms with Crippen molar-refractivity contribution in [2.24, 2.45) is 0 Å². The van der Waals surface area contributed by atoms with Gasteiger partial charge in [-0.15, -0.1) is 0 Å². The van der Waals surface area contributed by atoms with Gasteiger partial charge in [0.15, 0.2) is 0 Å². The molecule has 24 heavy (non-hydrogen) atoms. The van der Waals surface area contributed by atoms with Gasteiger partial charge in [-0.1, -0.05) is 6.07 Å². The molecule has 0 aromatic heterocycles. The number of carboxylic acid groups (broad SMARTS) is 1. The molecule has 0 unspecified atom stereocenters. The van der Waals surface area contributed by atoms with Crippen molar-refractivity contribution < 1.29 is 19.4 Å². The maximum absolute atomic E-state index is 11.7. The van der Waals surface area contributed by atoms with Gasteiger partial charge in [0.25, 0.3) is 0 Å². The molecule has 5 heteroatoms. The third-order valence-corrected chi connectivity index (χ3v) is 3.35. The molecule has 0 spiro atoms. The Morgan fingerprint density at radius 1 is 0.958 bits per heavy atom. The SMILES string of the molecule is Cc1cc(C)cc(Oc2ccc(NC(=O)CCCC(=O)[O-])cc2)c1. The highest BCUT2D eigenvalue weighted by atomic mass is 16.5. The summed E-state index contributed by atoms with van der Waals surface area (Å²) in [6, 6.07) is 13.0. The Morgan fingerprint density at radius 3 is 2.17 bits per heavy atom. The second-order valence-corrected chi connectivity index (χ2v) is 5.72. The van der Waals surface area contributed by atoms with Gasteiger partial charge in [0.2, 0.25) is 5.91 Å². The van der Waals surface area contributed by atoms with Crippen molar-refractivity contribution in [3.05, 3.63) is 53.6 Å². The van der Waals surface area contributed by atoms with E-state index in [1.165, 1.54) is 0 Å². The predicted molar refractivity (Wildman–Crippen MR) is 89.9 cm³/mol. The standard InChI is InChI=1S/C19H21NO4/c1-13-10-14(2)12-17(11-13)24-16-8-6-15(7-9-16)20-18(21)4-3-5-19(22)23/h6-12H,3-5H2,1-2H3,(H,20,21)(H,22,23)/p-1. The molecule has 0 aliphatic heterocycles. The second kappa shape index (κ2) is 8.15. The molecule has 0 saturated heterocycles. The van der Waals surface area contributed by atoms with Gasteiger partial charge < -0.3 is 20.0 Å². The van der Waals surface area contributed by atoms with E-state index in [9.17, 15) is 14.7 Å². The van der Waals surface area contributed by atoms with Gasteiger partial charge in [-0.05, 0) is 74.2 Å². The fraction of sp³-hybridized carbons (Fsp3) is 0.263. The number of hydrogen-bond acceptors (Lipinski definition) is 4. The minimum Gasteiger partial charge on any atom is -0.550 e. The van der Waals surface area contributed by atoms with Crippen LogP contribution in [0.1, 0.15) is 30.4 Å². The van der Waals surface area contributed by atoms with Gasteiger partial charge in [0.1, 0.15) is 11.5 Å². The van der Waals surface area contributed by atoms with Crippen molar-refractivity contribution in [1.29, 1.82) is 0 Å². The highest BCUT2D eigenvalue weighted by molar-refractivity contribution is 5.90. The molecule has 2 aromatic rings. The average Bonchev–Trinajstić information content (AvgIpc) is 2.48. The number of aryl methyl sites for hydroxylation is 2. The highest BCUT2D eigenvalue weighted by Gasteiger charge is 2.04. The third-order valence-electron chi connectivity index (χ3n) is 3.35. The van der Waals surface area contributed by atoms with E-state index < -0.39 is 5.97 Å². The molecular weight excluding hydrogens is 306 g/mol. The molecule has 0 aliphatic carbocycles. The van der Waals surface area contributed by atoms with E-state index >= 15 is 0 Å². The zero-order valence-electron chi connectivity index (χ0n) is 13.8. The van der Waals surface area contributed by atoms with E-state index in [-0.39, 0.29) is 25.2 Å². The van der Waals surface area contributed by atoms with E-state index in [4.69, 9.17) is 4.74 Å². The summed E-state index contributed by atoms with van der Waals surface area (Å²) >= 11 is 0. The number of nitrogens with one attached hydrogen (secondary N) is 1. The summed E-state index contributed by atoms with van der Waals surface area (Å²) in [7, 11) is 0. The fourth-order valence-electron chi connectivity index (χ4n) is 2.35. The Kier molecular flexibility index (Phi) is 5.95. The number of carbonyl (C=O) groups is 2. The molecule has 1 N–H and O–H groups in total. The van der Waals surface area contributed by atoms with Gasteiger partial charge in [-0.25, -0.2) is 0 Å². The molecule has 2 rings (SSSR count). The zero-order chi connectivity index (χ0) is 17.5. The molecule has 0 aliphatic rings. The lowest BCUT2D eigenvalue weighted by atomic mass is 10.1. The fourth-order valence-corrected chi connectivity index (χ4v) is 2.35. The van der Waals surface area contributed by atoms with Crippen LogP contribution in [0.3, 0.4) is 0 Å². The van der Waals surface area contributed by atoms with Crippen LogP contribution in [0.2, 0.25) is 0 Å². The topological polar surface area (TPSA) is 78.5 Å². The number of hydrogen-bond donors (Lipinski definition) is 1. The summed E-state index contributed by atoms with van der Waals surface area (Å²) in [6.45, 7) is 4.03. The van der Waals surface area contributed by atoms with Crippen molar-refractivity contribution in [1.82, 2.24) is 0 Å². The van der Waals surface area contributed by atoms with Crippen molar-refractivity contribution >= 4 is 17.6 Å². The number of aliphatic carboxylic acids is 1. The van der Waals surface area contributed by atoms with Crippen LogP contribution in [0.4, 0.5) is 5.69 Å². The number of carbonyl (C=O) groups excluding carboxylic acids is 2. The molecular formula is C19H20NO4-. The second-order valence-electron chi connectivity index (χ2n) is 5.72. The molecule has 0 fully saturated rings. The highest BCUT2D eigenvalue weighted by Crippen LogP contribution is 2.25. The van der Waals surface area contributed by atoms with E-state index in [2.05, 4.69) is 11.4 Å². The molecule has 0 bridgehead atoms. The summed E-state index contributed by atoms with van der Waals surface area (Å²) in [5.74, 6) is 0.0800. The van der Waals surface area contributed by atoms with Gasteiger partial charge in [-0.3, -0.25) is 4.79 Å². The lowest BCUT2D eigenvalue weighted by molar-refractivity contribution is -0.305. The zero-order valence-corrected chi connectivity index (χ0v) is 13.8. The summed E-state index contributed by atoms with van der Waals surface area (Å²) < 4.78 is 5.81. The Balaban J connectivity index is 1.90. The summed E-state index contributed by atoms with van der Waals surface area (Å²) in [4.78, 5) is 22.0. The normalized spacial score (nSPS) is 10.2. The molecule has 1 amide bonds. The Labute approximate surface area is 141 Å². The van der Waals surface area contributed by atoms with E-state index in [0.717, 1.165) is 16.9 Å². The van der Waals surface area contributed by atoms with Crippen LogP contribution < -0.4 is 15.2 Å². The third kappa shape index (κ3) is 5.76. The van der Waals surface area contributed by atoms with Crippen LogP contribution in [-0.2, 0) is 9.59 Å². The number of carboxylic acids is 1. The van der Waals surface area contributed by atoms with Crippen molar-refractivity contribution in [2.45, 2.75) is 33.1 Å². The maximum Gasteiger partial charge on any atom is 0.224 e. The first kappa shape index (κ1) is 17.5. The predicted octanol–water partition coefficient (Wildman–Crippen LogP) is 2.95. The van der Waals surface area contributed by atoms with Crippen molar-refractivity contribution in [2.75, 3.05) is 5.32 Å². The van der Waals surface area contributed by atoms with Crippen molar-refractivity contribution in [3.8, 4) is 11.5 Å². The Morgan fingerprint density at radius 2 is 1.58 bits per heavy atom. The number of anilines is 1. The minimum absolute atomic E-state index is 0.115. The van der Waals surface area contributed by atoms with Crippen LogP contribution in [-0.4, -0.2) is 11.9 Å². The molecule has 0 saturated carbocycles.